The summed E-state index contributed by atoms with van der Waals surface area (Å²) >= 11 is 5.93. The number of halogens is 1. The van der Waals surface area contributed by atoms with E-state index in [0.29, 0.717) is 24.5 Å². The summed E-state index contributed by atoms with van der Waals surface area (Å²) in [4.78, 5) is 29.7. The number of amides is 2. The fraction of sp³-hybridized carbons (Fsp3) is 0.364. The highest BCUT2D eigenvalue weighted by Crippen LogP contribution is 2.21. The van der Waals surface area contributed by atoms with Crippen molar-refractivity contribution in [3.8, 4) is 5.75 Å². The highest BCUT2D eigenvalue weighted by molar-refractivity contribution is 6.30. The molecule has 2 fully saturated rings. The van der Waals surface area contributed by atoms with Gasteiger partial charge in [-0.2, -0.15) is 0 Å². The molecule has 2 aromatic carbocycles. The fourth-order valence-corrected chi connectivity index (χ4v) is 4.11. The van der Waals surface area contributed by atoms with Crippen LogP contribution in [0.5, 0.6) is 5.75 Å². The maximum atomic E-state index is 13.0. The number of nitrogens with zero attached hydrogens (tertiary/aromatic N) is 2. The van der Waals surface area contributed by atoms with Crippen LogP contribution in [0.3, 0.4) is 0 Å². The summed E-state index contributed by atoms with van der Waals surface area (Å²) < 4.78 is 5.20. The minimum absolute atomic E-state index is 0.00588. The Morgan fingerprint density at radius 2 is 1.72 bits per heavy atom. The molecule has 2 heterocycles. The van der Waals surface area contributed by atoms with Gasteiger partial charge in [0.1, 0.15) is 17.8 Å². The zero-order chi connectivity index (χ0) is 20.4. The molecule has 7 heteroatoms. The molecule has 1 N–H and O–H groups in total. The third-order valence-electron chi connectivity index (χ3n) is 5.58. The molecule has 0 saturated carbocycles. The van der Waals surface area contributed by atoms with Gasteiger partial charge in [-0.15, -0.1) is 0 Å². The minimum Gasteiger partial charge on any atom is -0.497 e. The Morgan fingerprint density at radius 1 is 1.03 bits per heavy atom. The van der Waals surface area contributed by atoms with Crippen LogP contribution in [-0.4, -0.2) is 60.4 Å². The van der Waals surface area contributed by atoms with Gasteiger partial charge in [-0.05, 0) is 35.4 Å². The van der Waals surface area contributed by atoms with E-state index in [1.165, 1.54) is 0 Å². The summed E-state index contributed by atoms with van der Waals surface area (Å²) in [6, 6.07) is 14.3. The second-order valence-electron chi connectivity index (χ2n) is 7.52. The van der Waals surface area contributed by atoms with Crippen molar-refractivity contribution in [1.82, 2.24) is 15.1 Å². The summed E-state index contributed by atoms with van der Waals surface area (Å²) in [7, 11) is 1.65. The Bertz CT molecular complexity index is 885. The molecule has 2 amide bonds. The smallest absolute Gasteiger partial charge is 0.246 e. The lowest BCUT2D eigenvalue weighted by molar-refractivity contribution is -0.153. The summed E-state index contributed by atoms with van der Waals surface area (Å²) in [5, 5.41) is 3.58. The predicted octanol–water partition coefficient (Wildman–Crippen LogP) is 2.10. The molecular weight excluding hydrogens is 390 g/mol. The Labute approximate surface area is 175 Å². The van der Waals surface area contributed by atoms with Crippen molar-refractivity contribution < 1.29 is 14.3 Å². The molecule has 4 rings (SSSR count). The number of carbonyl (C=O) groups excluding carboxylic acids is 2. The van der Waals surface area contributed by atoms with Gasteiger partial charge in [0.2, 0.25) is 11.8 Å². The van der Waals surface area contributed by atoms with Crippen molar-refractivity contribution >= 4 is 23.4 Å². The summed E-state index contributed by atoms with van der Waals surface area (Å²) in [5.41, 5.74) is 2.13. The topological polar surface area (TPSA) is 61.9 Å². The molecule has 2 atom stereocenters. The maximum absolute atomic E-state index is 13.0. The van der Waals surface area contributed by atoms with Crippen LogP contribution in [0, 0.1) is 0 Å². The van der Waals surface area contributed by atoms with Crippen LogP contribution in [0.1, 0.15) is 11.1 Å². The van der Waals surface area contributed by atoms with E-state index in [9.17, 15) is 9.59 Å². The molecule has 152 valence electrons. The van der Waals surface area contributed by atoms with Crippen LogP contribution in [0.25, 0.3) is 0 Å². The summed E-state index contributed by atoms with van der Waals surface area (Å²) in [5.74, 6) is 0.735. The van der Waals surface area contributed by atoms with Crippen molar-refractivity contribution in [2.75, 3.05) is 26.7 Å². The SMILES string of the molecule is COc1ccc(CN2CCN3C(=O)[C@H](Cc4ccc(Cl)cc4)NC(=O)[C@H]3C2)cc1. The van der Waals surface area contributed by atoms with E-state index in [2.05, 4.69) is 10.2 Å². The van der Waals surface area contributed by atoms with Crippen molar-refractivity contribution in [2.45, 2.75) is 25.0 Å². The zero-order valence-corrected chi connectivity index (χ0v) is 17.1. The second kappa shape index (κ2) is 8.43. The lowest BCUT2D eigenvalue weighted by atomic mass is 9.98. The molecule has 0 unspecified atom stereocenters. The van der Waals surface area contributed by atoms with Crippen LogP contribution in [0.15, 0.2) is 48.5 Å². The van der Waals surface area contributed by atoms with Crippen molar-refractivity contribution in [3.05, 3.63) is 64.7 Å². The van der Waals surface area contributed by atoms with Gasteiger partial charge in [0.05, 0.1) is 7.11 Å². The van der Waals surface area contributed by atoms with E-state index < -0.39 is 12.1 Å². The molecule has 2 aliphatic heterocycles. The Hall–Kier alpha value is -2.57. The molecular formula is C22H24ClN3O3. The van der Waals surface area contributed by atoms with Crippen molar-refractivity contribution in [2.24, 2.45) is 0 Å². The number of methoxy groups -OCH3 is 1. The van der Waals surface area contributed by atoms with Gasteiger partial charge in [0.25, 0.3) is 0 Å². The first-order chi connectivity index (χ1) is 14.0. The summed E-state index contributed by atoms with van der Waals surface area (Å²) in [6.45, 7) is 2.58. The van der Waals surface area contributed by atoms with Crippen LogP contribution in [0.4, 0.5) is 0 Å². The lowest BCUT2D eigenvalue weighted by Crippen LogP contribution is -2.69. The molecule has 29 heavy (non-hydrogen) atoms. The predicted molar refractivity (Wildman–Crippen MR) is 111 cm³/mol. The van der Waals surface area contributed by atoms with Gasteiger partial charge < -0.3 is 15.0 Å². The largest absolute Gasteiger partial charge is 0.497 e. The van der Waals surface area contributed by atoms with E-state index in [1.807, 2.05) is 36.4 Å². The van der Waals surface area contributed by atoms with Crippen molar-refractivity contribution in [3.63, 3.8) is 0 Å². The summed E-state index contributed by atoms with van der Waals surface area (Å²) in [6.07, 6.45) is 0.473. The third kappa shape index (κ3) is 4.38. The number of nitrogens with one attached hydrogen (secondary N) is 1. The normalized spacial score (nSPS) is 22.2. The van der Waals surface area contributed by atoms with E-state index in [1.54, 1.807) is 24.1 Å². The number of hydrogen-bond donors (Lipinski definition) is 1. The van der Waals surface area contributed by atoms with E-state index in [0.717, 1.165) is 30.0 Å². The molecule has 0 bridgehead atoms. The average molecular weight is 414 g/mol. The minimum atomic E-state index is -0.520. The average Bonchev–Trinajstić information content (AvgIpc) is 2.74. The van der Waals surface area contributed by atoms with E-state index in [-0.39, 0.29) is 11.8 Å². The number of hydrogen-bond acceptors (Lipinski definition) is 4. The van der Waals surface area contributed by atoms with Crippen LogP contribution in [-0.2, 0) is 22.6 Å². The highest BCUT2D eigenvalue weighted by atomic mass is 35.5. The lowest BCUT2D eigenvalue weighted by Gasteiger charge is -2.45. The number of carbonyl (C=O) groups is 2. The Kier molecular flexibility index (Phi) is 5.74. The fourth-order valence-electron chi connectivity index (χ4n) is 3.98. The van der Waals surface area contributed by atoms with Gasteiger partial charge in [-0.3, -0.25) is 14.5 Å². The molecule has 2 aromatic rings. The number of piperazine rings is 2. The van der Waals surface area contributed by atoms with Gasteiger partial charge in [0, 0.05) is 37.6 Å². The number of rotatable bonds is 5. The Morgan fingerprint density at radius 3 is 2.41 bits per heavy atom. The molecule has 0 aliphatic carbocycles. The van der Waals surface area contributed by atoms with E-state index in [4.69, 9.17) is 16.3 Å². The molecule has 2 aliphatic rings. The molecule has 0 radical (unpaired) electrons. The molecule has 6 nitrogen and oxygen atoms in total. The highest BCUT2D eigenvalue weighted by Gasteiger charge is 2.43. The van der Waals surface area contributed by atoms with Gasteiger partial charge in [-0.25, -0.2) is 0 Å². The first-order valence-corrected chi connectivity index (χ1v) is 10.1. The zero-order valence-electron chi connectivity index (χ0n) is 16.3. The number of benzene rings is 2. The van der Waals surface area contributed by atoms with Gasteiger partial charge in [-0.1, -0.05) is 35.9 Å². The van der Waals surface area contributed by atoms with Gasteiger partial charge in [0.15, 0.2) is 0 Å². The number of ether oxygens (including phenoxy) is 1. The second-order valence-corrected chi connectivity index (χ2v) is 7.96. The van der Waals surface area contributed by atoms with Crippen LogP contribution < -0.4 is 10.1 Å². The van der Waals surface area contributed by atoms with Crippen LogP contribution >= 0.6 is 11.6 Å². The Balaban J connectivity index is 1.39. The number of fused-ring (bicyclic) bond motifs is 1. The molecule has 0 aromatic heterocycles. The first kappa shape index (κ1) is 19.7. The first-order valence-electron chi connectivity index (χ1n) is 9.74. The van der Waals surface area contributed by atoms with Crippen molar-refractivity contribution in [1.29, 1.82) is 0 Å². The molecule has 0 spiro atoms. The monoisotopic (exact) mass is 413 g/mol. The van der Waals surface area contributed by atoms with E-state index >= 15 is 0 Å². The maximum Gasteiger partial charge on any atom is 0.246 e. The third-order valence-corrected chi connectivity index (χ3v) is 5.84. The standard InChI is InChI=1S/C22H24ClN3O3/c1-29-18-8-4-16(5-9-18)13-25-10-11-26-20(14-25)21(27)24-19(22(26)28)12-15-2-6-17(23)7-3-15/h2-9,19-20H,10-14H2,1H3,(H,24,27)/t19-,20+/m0/s1. The quantitative estimate of drug-likeness (QED) is 0.815. The van der Waals surface area contributed by atoms with Gasteiger partial charge >= 0.3 is 0 Å². The van der Waals surface area contributed by atoms with Crippen LogP contribution in [0.2, 0.25) is 5.02 Å². The molecule has 2 saturated heterocycles.